The van der Waals surface area contributed by atoms with Crippen LogP contribution in [0.3, 0.4) is 0 Å². The summed E-state index contributed by atoms with van der Waals surface area (Å²) in [5.74, 6) is 0.0876. The number of hydrogen-bond donors (Lipinski definition) is 1. The van der Waals surface area contributed by atoms with Crippen molar-refractivity contribution in [1.82, 2.24) is 30.0 Å². The number of aromatic nitrogens is 6. The summed E-state index contributed by atoms with van der Waals surface area (Å²) in [5.41, 5.74) is 3.66. The number of halogens is 2. The lowest BCUT2D eigenvalue weighted by atomic mass is 10.0. The van der Waals surface area contributed by atoms with Crippen LogP contribution in [0.5, 0.6) is 0 Å². The molecular weight excluding hydrogens is 451 g/mol. The summed E-state index contributed by atoms with van der Waals surface area (Å²) in [4.78, 5) is 10.5. The number of nitrogens with zero attached hydrogens (tertiary/aromatic N) is 7. The number of hydrogen-bond acceptors (Lipinski definition) is 7. The van der Waals surface area contributed by atoms with E-state index in [1.165, 1.54) is 24.3 Å². The molecule has 0 radical (unpaired) electrons. The maximum absolute atomic E-state index is 13.2. The van der Waals surface area contributed by atoms with E-state index in [4.69, 9.17) is 11.6 Å². The molecular formula is C21H16ClFN8O2. The van der Waals surface area contributed by atoms with Crippen LogP contribution < -0.4 is 5.32 Å². The molecule has 4 aromatic rings. The average molecular weight is 467 g/mol. The van der Waals surface area contributed by atoms with Crippen LogP contribution in [0.25, 0.3) is 5.70 Å². The Morgan fingerprint density at radius 1 is 1.18 bits per heavy atom. The molecule has 0 saturated carbocycles. The van der Waals surface area contributed by atoms with E-state index >= 15 is 0 Å². The second kappa shape index (κ2) is 8.10. The Balaban J connectivity index is 1.54. The van der Waals surface area contributed by atoms with Gasteiger partial charge in [0.05, 0.1) is 17.2 Å². The van der Waals surface area contributed by atoms with Crippen LogP contribution in [0.2, 0.25) is 5.15 Å². The molecule has 0 fully saturated rings. The standard InChI is InChI=1S/C21H16ClFN8O2/c1-12-19(20(22)29(26-12)11-13-2-6-15(23)7-3-13)18-10-17(24-21-25-27-28-30(18)21)14-4-8-16(9-5-14)31(32)33/h2-10,18H,11H2,1H3,(H,24,25,28)/t18-/m1/s1. The highest BCUT2D eigenvalue weighted by atomic mass is 35.5. The van der Waals surface area contributed by atoms with Gasteiger partial charge in [-0.3, -0.25) is 10.1 Å². The monoisotopic (exact) mass is 466 g/mol. The first kappa shape index (κ1) is 20.8. The molecule has 0 aliphatic carbocycles. The minimum Gasteiger partial charge on any atom is -0.323 e. The fourth-order valence-corrected chi connectivity index (χ4v) is 4.11. The summed E-state index contributed by atoms with van der Waals surface area (Å²) in [6.07, 6.45) is 1.89. The second-order valence-electron chi connectivity index (χ2n) is 7.48. The number of allylic oxidation sites excluding steroid dienone is 1. The zero-order valence-corrected chi connectivity index (χ0v) is 17.9. The van der Waals surface area contributed by atoms with E-state index in [2.05, 4.69) is 25.9 Å². The van der Waals surface area contributed by atoms with Gasteiger partial charge in [0.1, 0.15) is 17.0 Å². The van der Waals surface area contributed by atoms with Crippen molar-refractivity contribution in [2.75, 3.05) is 5.32 Å². The second-order valence-corrected chi connectivity index (χ2v) is 7.83. The van der Waals surface area contributed by atoms with E-state index in [0.717, 1.165) is 11.1 Å². The van der Waals surface area contributed by atoms with Crippen LogP contribution in [-0.4, -0.2) is 34.9 Å². The molecule has 5 rings (SSSR count). The van der Waals surface area contributed by atoms with Gasteiger partial charge in [0, 0.05) is 23.4 Å². The van der Waals surface area contributed by atoms with E-state index in [9.17, 15) is 14.5 Å². The van der Waals surface area contributed by atoms with Crippen LogP contribution in [-0.2, 0) is 6.54 Å². The Bertz CT molecular complexity index is 1380. The van der Waals surface area contributed by atoms with Gasteiger partial charge in [0.15, 0.2) is 0 Å². The number of non-ortho nitro benzene ring substituents is 1. The number of rotatable bonds is 5. The zero-order valence-electron chi connectivity index (χ0n) is 17.2. The van der Waals surface area contributed by atoms with E-state index < -0.39 is 11.0 Å². The van der Waals surface area contributed by atoms with Crippen LogP contribution in [0, 0.1) is 22.9 Å². The first-order valence-electron chi connectivity index (χ1n) is 9.89. The van der Waals surface area contributed by atoms with Crippen LogP contribution in [0.4, 0.5) is 16.0 Å². The van der Waals surface area contributed by atoms with Crippen molar-refractivity contribution in [1.29, 1.82) is 0 Å². The summed E-state index contributed by atoms with van der Waals surface area (Å²) in [5, 5.41) is 31.0. The van der Waals surface area contributed by atoms with Crippen molar-refractivity contribution >= 4 is 28.9 Å². The predicted octanol–water partition coefficient (Wildman–Crippen LogP) is 3.98. The van der Waals surface area contributed by atoms with Gasteiger partial charge in [-0.15, -0.1) is 0 Å². The summed E-state index contributed by atoms with van der Waals surface area (Å²) >= 11 is 6.75. The van der Waals surface area contributed by atoms with Gasteiger partial charge >= 0.3 is 0 Å². The fraction of sp³-hybridized carbons (Fsp3) is 0.143. The number of anilines is 1. The third-order valence-electron chi connectivity index (χ3n) is 5.37. The zero-order chi connectivity index (χ0) is 23.1. The summed E-state index contributed by atoms with van der Waals surface area (Å²) in [6.45, 7) is 2.21. The number of tetrazole rings is 1. The molecule has 10 nitrogen and oxygen atoms in total. The van der Waals surface area contributed by atoms with Crippen molar-refractivity contribution in [2.45, 2.75) is 19.5 Å². The van der Waals surface area contributed by atoms with Gasteiger partial charge < -0.3 is 5.32 Å². The van der Waals surface area contributed by atoms with Crippen LogP contribution in [0.1, 0.15) is 28.4 Å². The lowest BCUT2D eigenvalue weighted by Crippen LogP contribution is -2.21. The van der Waals surface area contributed by atoms with Crippen LogP contribution >= 0.6 is 11.6 Å². The van der Waals surface area contributed by atoms with E-state index in [1.807, 2.05) is 13.0 Å². The first-order valence-corrected chi connectivity index (χ1v) is 10.3. The molecule has 2 aromatic heterocycles. The molecule has 1 atom stereocenters. The maximum atomic E-state index is 13.2. The lowest BCUT2D eigenvalue weighted by Gasteiger charge is -2.23. The van der Waals surface area contributed by atoms with Gasteiger partial charge in [-0.25, -0.2) is 9.07 Å². The highest BCUT2D eigenvalue weighted by molar-refractivity contribution is 6.30. The highest BCUT2D eigenvalue weighted by Crippen LogP contribution is 2.37. The molecule has 12 heteroatoms. The van der Waals surface area contributed by atoms with Gasteiger partial charge in [0.2, 0.25) is 5.95 Å². The third kappa shape index (κ3) is 3.82. The Morgan fingerprint density at radius 2 is 1.91 bits per heavy atom. The Morgan fingerprint density at radius 3 is 2.61 bits per heavy atom. The van der Waals surface area contributed by atoms with E-state index in [1.54, 1.807) is 33.6 Å². The van der Waals surface area contributed by atoms with E-state index in [0.29, 0.717) is 34.6 Å². The number of nitro benzene ring substituents is 1. The maximum Gasteiger partial charge on any atom is 0.269 e. The third-order valence-corrected chi connectivity index (χ3v) is 5.77. The highest BCUT2D eigenvalue weighted by Gasteiger charge is 2.30. The molecule has 0 amide bonds. The largest absolute Gasteiger partial charge is 0.323 e. The van der Waals surface area contributed by atoms with Gasteiger partial charge in [-0.2, -0.15) is 9.78 Å². The SMILES string of the molecule is Cc1nn(Cc2ccc(F)cc2)c(Cl)c1[C@H]1C=C(c2ccc([N+](=O)[O-])cc2)Nc2nnnn21. The van der Waals surface area contributed by atoms with Crippen molar-refractivity contribution in [3.05, 3.63) is 98.1 Å². The lowest BCUT2D eigenvalue weighted by molar-refractivity contribution is -0.384. The predicted molar refractivity (Wildman–Crippen MR) is 118 cm³/mol. The number of nitrogens with one attached hydrogen (secondary N) is 1. The molecule has 2 aromatic carbocycles. The van der Waals surface area contributed by atoms with Crippen molar-refractivity contribution in [3.63, 3.8) is 0 Å². The molecule has 0 saturated heterocycles. The Hall–Kier alpha value is -4.12. The Labute approximate surface area is 191 Å². The van der Waals surface area contributed by atoms with E-state index in [-0.39, 0.29) is 11.5 Å². The van der Waals surface area contributed by atoms with Gasteiger partial charge in [0.25, 0.3) is 5.69 Å². The van der Waals surface area contributed by atoms with Crippen molar-refractivity contribution < 1.29 is 9.31 Å². The molecule has 1 N–H and O–H groups in total. The summed E-state index contributed by atoms with van der Waals surface area (Å²) in [6, 6.07) is 11.8. The summed E-state index contributed by atoms with van der Waals surface area (Å²) < 4.78 is 16.5. The van der Waals surface area contributed by atoms with Gasteiger partial charge in [-0.05, 0) is 58.8 Å². The van der Waals surface area contributed by atoms with Gasteiger partial charge in [-0.1, -0.05) is 28.8 Å². The number of nitro groups is 1. The normalized spacial score (nSPS) is 15.0. The molecule has 0 spiro atoms. The summed E-state index contributed by atoms with van der Waals surface area (Å²) in [7, 11) is 0. The minimum atomic E-state index is -0.462. The van der Waals surface area contributed by atoms with Crippen molar-refractivity contribution in [2.24, 2.45) is 0 Å². The number of benzene rings is 2. The molecule has 0 bridgehead atoms. The smallest absolute Gasteiger partial charge is 0.269 e. The Kier molecular flexibility index (Phi) is 5.09. The molecule has 166 valence electrons. The molecule has 1 aliphatic heterocycles. The number of fused-ring (bicyclic) bond motifs is 1. The average Bonchev–Trinajstić information content (AvgIpc) is 3.39. The minimum absolute atomic E-state index is 0.00231. The van der Waals surface area contributed by atoms with Crippen LogP contribution in [0.15, 0.2) is 54.6 Å². The number of aryl methyl sites for hydroxylation is 1. The quantitative estimate of drug-likeness (QED) is 0.349. The van der Waals surface area contributed by atoms with Crippen molar-refractivity contribution in [3.8, 4) is 0 Å². The molecule has 1 aliphatic rings. The fourth-order valence-electron chi connectivity index (χ4n) is 3.76. The topological polar surface area (TPSA) is 117 Å². The molecule has 33 heavy (non-hydrogen) atoms. The first-order chi connectivity index (χ1) is 15.9. The molecule has 3 heterocycles. The molecule has 0 unspecified atom stereocenters.